The van der Waals surface area contributed by atoms with E-state index in [4.69, 9.17) is 0 Å². The Bertz CT molecular complexity index is 1410. The highest BCUT2D eigenvalue weighted by molar-refractivity contribution is 6.11. The third-order valence-corrected chi connectivity index (χ3v) is 9.51. The minimum Gasteiger partial charge on any atom is -0.305 e. The Morgan fingerprint density at radius 3 is 1.98 bits per heavy atom. The first-order valence-corrected chi connectivity index (χ1v) is 14.6. The summed E-state index contributed by atoms with van der Waals surface area (Å²) >= 11 is 0. The number of carbonyl (C=O) groups excluding carboxylic acids is 3. The molecule has 0 aromatic heterocycles. The Morgan fingerprint density at radius 2 is 1.35 bits per heavy atom. The van der Waals surface area contributed by atoms with E-state index in [1.165, 1.54) is 10.5 Å². The average Bonchev–Trinajstić information content (AvgIpc) is 3.21. The van der Waals surface area contributed by atoms with Gasteiger partial charge >= 0.3 is 0 Å². The maximum Gasteiger partial charge on any atom is 0.251 e. The molecule has 4 unspecified atom stereocenters. The summed E-state index contributed by atoms with van der Waals surface area (Å²) in [6.07, 6.45) is 4.38. The fourth-order valence-electron chi connectivity index (χ4n) is 7.75. The zero-order chi connectivity index (χ0) is 28.1. The van der Waals surface area contributed by atoms with Crippen LogP contribution in [0.2, 0.25) is 0 Å². The van der Waals surface area contributed by atoms with Gasteiger partial charge in [-0.05, 0) is 55.9 Å². The molecule has 2 heterocycles. The van der Waals surface area contributed by atoms with Gasteiger partial charge in [0.05, 0.1) is 11.8 Å². The van der Waals surface area contributed by atoms with Gasteiger partial charge in [-0.3, -0.25) is 19.3 Å². The Balaban J connectivity index is 1.46. The van der Waals surface area contributed by atoms with Crippen molar-refractivity contribution in [2.45, 2.75) is 76.3 Å². The number of carbonyl (C=O) groups is 3. The van der Waals surface area contributed by atoms with Gasteiger partial charge in [0.15, 0.2) is 0 Å². The summed E-state index contributed by atoms with van der Waals surface area (Å²) in [5.41, 5.74) is 3.21. The number of rotatable bonds is 5. The molecule has 0 N–H and O–H groups in total. The Morgan fingerprint density at radius 1 is 0.800 bits per heavy atom. The minimum atomic E-state index is -0.888. The van der Waals surface area contributed by atoms with Crippen molar-refractivity contribution in [3.8, 4) is 0 Å². The van der Waals surface area contributed by atoms with Gasteiger partial charge in [0.2, 0.25) is 11.8 Å². The molecule has 2 aliphatic heterocycles. The number of para-hydroxylation sites is 1. The van der Waals surface area contributed by atoms with E-state index in [0.717, 1.165) is 42.5 Å². The van der Waals surface area contributed by atoms with Crippen molar-refractivity contribution in [1.29, 1.82) is 0 Å². The van der Waals surface area contributed by atoms with Crippen molar-refractivity contribution in [2.75, 3.05) is 4.90 Å². The topological polar surface area (TPSA) is 57.7 Å². The fraction of sp³-hybridized carbons (Fsp3) is 0.400. The lowest BCUT2D eigenvalue weighted by molar-refractivity contribution is -0.147. The third kappa shape index (κ3) is 4.27. The number of benzene rings is 3. The third-order valence-electron chi connectivity index (χ3n) is 9.51. The monoisotopic (exact) mass is 534 g/mol. The lowest BCUT2D eigenvalue weighted by Gasteiger charge is -2.52. The molecule has 4 atom stereocenters. The van der Waals surface area contributed by atoms with Crippen molar-refractivity contribution in [2.24, 2.45) is 11.8 Å². The number of amides is 3. The number of likely N-dealkylation sites (tertiary alicyclic amines) is 1. The smallest absolute Gasteiger partial charge is 0.251 e. The van der Waals surface area contributed by atoms with E-state index in [9.17, 15) is 14.4 Å². The molecule has 3 aromatic rings. The number of nitrogens with zero attached hydrogens (tertiary/aromatic N) is 2. The molecular weight excluding hydrogens is 496 g/mol. The normalized spacial score (nSPS) is 26.3. The summed E-state index contributed by atoms with van der Waals surface area (Å²) in [5, 5.41) is 0. The summed E-state index contributed by atoms with van der Waals surface area (Å²) in [6, 6.07) is 27.5. The van der Waals surface area contributed by atoms with Gasteiger partial charge in [-0.15, -0.1) is 0 Å². The molecule has 3 aliphatic rings. The molecule has 1 saturated heterocycles. The molecule has 3 aromatic carbocycles. The summed E-state index contributed by atoms with van der Waals surface area (Å²) in [7, 11) is 0. The van der Waals surface area contributed by atoms with Crippen LogP contribution in [0, 0.1) is 11.8 Å². The molecule has 0 radical (unpaired) electrons. The largest absolute Gasteiger partial charge is 0.305 e. The van der Waals surface area contributed by atoms with Crippen LogP contribution in [0.3, 0.4) is 0 Å². The molecule has 1 saturated carbocycles. The first-order chi connectivity index (χ1) is 19.2. The number of imide groups is 1. The lowest BCUT2D eigenvalue weighted by atomic mass is 9.65. The second kappa shape index (κ2) is 10.0. The second-order valence-corrected chi connectivity index (χ2v) is 12.6. The summed E-state index contributed by atoms with van der Waals surface area (Å²) in [6.45, 7) is 6.47. The first-order valence-electron chi connectivity index (χ1n) is 14.6. The molecule has 206 valence electrons. The molecule has 3 amide bonds. The van der Waals surface area contributed by atoms with Crippen molar-refractivity contribution in [1.82, 2.24) is 4.90 Å². The van der Waals surface area contributed by atoms with Crippen LogP contribution in [-0.4, -0.2) is 34.2 Å². The van der Waals surface area contributed by atoms with E-state index in [-0.39, 0.29) is 35.0 Å². The Kier molecular flexibility index (Phi) is 6.64. The van der Waals surface area contributed by atoms with Gasteiger partial charge in [0, 0.05) is 23.1 Å². The molecule has 2 fully saturated rings. The molecule has 0 spiro atoms. The first kappa shape index (κ1) is 26.5. The number of fused-ring (bicyclic) bond motifs is 2. The van der Waals surface area contributed by atoms with E-state index in [2.05, 4.69) is 51.1 Å². The molecule has 1 aliphatic carbocycles. The van der Waals surface area contributed by atoms with Crippen LogP contribution >= 0.6 is 0 Å². The summed E-state index contributed by atoms with van der Waals surface area (Å²) in [5.74, 6) is -1.11. The van der Waals surface area contributed by atoms with E-state index in [1.807, 2.05) is 59.5 Å². The maximum absolute atomic E-state index is 14.9. The fourth-order valence-corrected chi connectivity index (χ4v) is 7.75. The van der Waals surface area contributed by atoms with Gasteiger partial charge in [-0.2, -0.15) is 0 Å². The molecule has 0 bridgehead atoms. The molecule has 6 rings (SSSR count). The highest BCUT2D eigenvalue weighted by atomic mass is 16.2. The van der Waals surface area contributed by atoms with Crippen LogP contribution in [0.4, 0.5) is 5.69 Å². The Hall–Kier alpha value is -3.73. The van der Waals surface area contributed by atoms with Gasteiger partial charge in [-0.25, -0.2) is 0 Å². The Labute approximate surface area is 237 Å². The van der Waals surface area contributed by atoms with Crippen LogP contribution in [-0.2, 0) is 26.2 Å². The van der Waals surface area contributed by atoms with Gasteiger partial charge < -0.3 is 4.90 Å². The van der Waals surface area contributed by atoms with Crippen LogP contribution < -0.4 is 4.90 Å². The molecule has 5 nitrogen and oxygen atoms in total. The van der Waals surface area contributed by atoms with Gasteiger partial charge in [-0.1, -0.05) is 98.6 Å². The number of hydrogen-bond donors (Lipinski definition) is 0. The van der Waals surface area contributed by atoms with E-state index in [0.29, 0.717) is 12.8 Å². The average molecular weight is 535 g/mol. The van der Waals surface area contributed by atoms with E-state index in [1.54, 1.807) is 0 Å². The minimum absolute atomic E-state index is 0.166. The standard InChI is InChI=1S/C35H38N2O3/c1-34(2)23-35(3,25-16-8-5-9-17-25)28-20-12-13-21-29(28)37(34)33(40)30(22-24-14-6-4-7-15-24)36-31(38)26-18-10-11-19-27(26)32(36)39/h4-9,12-17,20-21,26-27,30H,10-11,18-19,22-23H2,1-3H3. The van der Waals surface area contributed by atoms with E-state index >= 15 is 0 Å². The zero-order valence-electron chi connectivity index (χ0n) is 23.7. The molecular formula is C35H38N2O3. The highest BCUT2D eigenvalue weighted by Crippen LogP contribution is 2.51. The lowest BCUT2D eigenvalue weighted by Crippen LogP contribution is -2.61. The van der Waals surface area contributed by atoms with Crippen LogP contribution in [0.5, 0.6) is 0 Å². The predicted octanol–water partition coefficient (Wildman–Crippen LogP) is 6.29. The van der Waals surface area contributed by atoms with Gasteiger partial charge in [0.1, 0.15) is 6.04 Å². The quantitative estimate of drug-likeness (QED) is 0.361. The van der Waals surface area contributed by atoms with Crippen molar-refractivity contribution < 1.29 is 14.4 Å². The molecule has 5 heteroatoms. The van der Waals surface area contributed by atoms with Crippen molar-refractivity contribution >= 4 is 23.4 Å². The van der Waals surface area contributed by atoms with Crippen molar-refractivity contribution in [3.05, 3.63) is 102 Å². The maximum atomic E-state index is 14.9. The SMILES string of the molecule is CC1(c2ccccc2)CC(C)(C)N(C(=O)C(Cc2ccccc2)N2C(=O)C3CCCCC3C2=O)c2ccccc21. The zero-order valence-corrected chi connectivity index (χ0v) is 23.7. The van der Waals surface area contributed by atoms with Crippen LogP contribution in [0.25, 0.3) is 0 Å². The van der Waals surface area contributed by atoms with Gasteiger partial charge in [0.25, 0.3) is 5.91 Å². The second-order valence-electron chi connectivity index (χ2n) is 12.6. The number of anilines is 1. The van der Waals surface area contributed by atoms with E-state index < -0.39 is 11.6 Å². The summed E-state index contributed by atoms with van der Waals surface area (Å²) in [4.78, 5) is 45.7. The number of hydrogen-bond acceptors (Lipinski definition) is 3. The van der Waals surface area contributed by atoms with Crippen molar-refractivity contribution in [3.63, 3.8) is 0 Å². The predicted molar refractivity (Wildman–Crippen MR) is 157 cm³/mol. The molecule has 40 heavy (non-hydrogen) atoms. The van der Waals surface area contributed by atoms with Crippen LogP contribution in [0.15, 0.2) is 84.9 Å². The van der Waals surface area contributed by atoms with Crippen LogP contribution in [0.1, 0.15) is 69.6 Å². The highest BCUT2D eigenvalue weighted by Gasteiger charge is 2.55. The summed E-state index contributed by atoms with van der Waals surface area (Å²) < 4.78 is 0.